The van der Waals surface area contributed by atoms with Crippen LogP contribution < -0.4 is 5.32 Å². The molecule has 0 aromatic carbocycles. The number of esters is 1. The topological polar surface area (TPSA) is 58.6 Å². The molecule has 1 aliphatic rings. The Morgan fingerprint density at radius 1 is 1.35 bits per heavy atom. The number of hydrogen-bond donors (Lipinski definition) is 1. The molecule has 1 amide bonds. The molecule has 20 heavy (non-hydrogen) atoms. The van der Waals surface area contributed by atoms with E-state index >= 15 is 0 Å². The molecule has 0 aromatic rings. The third kappa shape index (κ3) is 4.47. The summed E-state index contributed by atoms with van der Waals surface area (Å²) in [7, 11) is 1.42. The van der Waals surface area contributed by atoms with Gasteiger partial charge in [0, 0.05) is 12.6 Å². The third-order valence-electron chi connectivity index (χ3n) is 4.25. The predicted molar refractivity (Wildman–Crippen MR) is 78.3 cm³/mol. The maximum atomic E-state index is 12.2. The minimum atomic E-state index is -0.192. The van der Waals surface area contributed by atoms with Crippen molar-refractivity contribution in [2.75, 3.05) is 20.2 Å². The lowest BCUT2D eigenvalue weighted by Gasteiger charge is -2.35. The molecule has 2 atom stereocenters. The minimum absolute atomic E-state index is 0.0595. The molecule has 0 radical (unpaired) electrons. The summed E-state index contributed by atoms with van der Waals surface area (Å²) in [6.07, 6.45) is 3.67. The van der Waals surface area contributed by atoms with Gasteiger partial charge in [0.1, 0.15) is 0 Å². The van der Waals surface area contributed by atoms with Gasteiger partial charge in [-0.25, -0.2) is 0 Å². The molecular weight excluding hydrogens is 256 g/mol. The quantitative estimate of drug-likeness (QED) is 0.752. The van der Waals surface area contributed by atoms with Crippen molar-refractivity contribution in [2.45, 2.75) is 58.5 Å². The van der Waals surface area contributed by atoms with Crippen LogP contribution in [0, 0.1) is 5.92 Å². The second kappa shape index (κ2) is 8.25. The second-order valence-electron chi connectivity index (χ2n) is 5.56. The van der Waals surface area contributed by atoms with Crippen LogP contribution in [0.5, 0.6) is 0 Å². The van der Waals surface area contributed by atoms with E-state index < -0.39 is 0 Å². The number of piperidine rings is 1. The highest BCUT2D eigenvalue weighted by atomic mass is 16.5. The number of carbonyl (C=O) groups is 2. The second-order valence-corrected chi connectivity index (χ2v) is 5.56. The van der Waals surface area contributed by atoms with Crippen molar-refractivity contribution < 1.29 is 14.3 Å². The molecule has 1 fully saturated rings. The van der Waals surface area contributed by atoms with Gasteiger partial charge in [-0.3, -0.25) is 14.5 Å². The average molecular weight is 284 g/mol. The Morgan fingerprint density at radius 3 is 2.55 bits per heavy atom. The lowest BCUT2D eigenvalue weighted by molar-refractivity contribution is -0.148. The summed E-state index contributed by atoms with van der Waals surface area (Å²) in [5, 5.41) is 3.07. The maximum Gasteiger partial charge on any atom is 0.309 e. The van der Waals surface area contributed by atoms with Crippen LogP contribution in [0.1, 0.15) is 46.5 Å². The smallest absolute Gasteiger partial charge is 0.309 e. The van der Waals surface area contributed by atoms with E-state index in [9.17, 15) is 9.59 Å². The van der Waals surface area contributed by atoms with Crippen molar-refractivity contribution >= 4 is 11.9 Å². The van der Waals surface area contributed by atoms with E-state index in [1.807, 2.05) is 6.92 Å². The molecule has 5 nitrogen and oxygen atoms in total. The van der Waals surface area contributed by atoms with E-state index in [4.69, 9.17) is 4.74 Å². The van der Waals surface area contributed by atoms with Gasteiger partial charge in [0.25, 0.3) is 0 Å². The Kier molecular flexibility index (Phi) is 6.99. The number of ether oxygens (including phenoxy) is 1. The fraction of sp³-hybridized carbons (Fsp3) is 0.867. The Labute approximate surface area is 122 Å². The average Bonchev–Trinajstić information content (AvgIpc) is 2.50. The highest BCUT2D eigenvalue weighted by molar-refractivity contribution is 5.81. The first-order valence-electron chi connectivity index (χ1n) is 7.65. The van der Waals surface area contributed by atoms with Crippen LogP contribution in [-0.4, -0.2) is 49.1 Å². The maximum absolute atomic E-state index is 12.2. The van der Waals surface area contributed by atoms with Gasteiger partial charge < -0.3 is 10.1 Å². The van der Waals surface area contributed by atoms with Crippen LogP contribution in [-0.2, 0) is 14.3 Å². The first-order valence-corrected chi connectivity index (χ1v) is 7.65. The number of nitrogens with zero attached hydrogens (tertiary/aromatic N) is 1. The summed E-state index contributed by atoms with van der Waals surface area (Å²) in [6, 6.07) is 0.0502. The summed E-state index contributed by atoms with van der Waals surface area (Å²) >= 11 is 0. The SMILES string of the molecule is CCC(CC)NC(=O)C(C)N1CCC[C@H](C(=O)OC)C1. The van der Waals surface area contributed by atoms with E-state index in [-0.39, 0.29) is 29.9 Å². The monoisotopic (exact) mass is 284 g/mol. The summed E-state index contributed by atoms with van der Waals surface area (Å²) < 4.78 is 4.81. The van der Waals surface area contributed by atoms with Gasteiger partial charge in [-0.2, -0.15) is 0 Å². The molecule has 0 spiro atoms. The van der Waals surface area contributed by atoms with Gasteiger partial charge >= 0.3 is 5.97 Å². The molecule has 1 rings (SSSR count). The zero-order chi connectivity index (χ0) is 15.1. The van der Waals surface area contributed by atoms with Gasteiger partial charge in [0.05, 0.1) is 19.1 Å². The fourth-order valence-corrected chi connectivity index (χ4v) is 2.70. The Hall–Kier alpha value is -1.10. The lowest BCUT2D eigenvalue weighted by Crippen LogP contribution is -2.51. The van der Waals surface area contributed by atoms with E-state index in [1.165, 1.54) is 7.11 Å². The predicted octanol–water partition coefficient (Wildman–Crippen LogP) is 1.56. The van der Waals surface area contributed by atoms with Crippen LogP contribution >= 0.6 is 0 Å². The third-order valence-corrected chi connectivity index (χ3v) is 4.25. The van der Waals surface area contributed by atoms with Gasteiger partial charge in [-0.15, -0.1) is 0 Å². The standard InChI is InChI=1S/C15H28N2O3/c1-5-13(6-2)16-14(18)11(3)17-9-7-8-12(10-17)15(19)20-4/h11-13H,5-10H2,1-4H3,(H,16,18)/t11?,12-/m0/s1. The molecule has 1 aliphatic heterocycles. The number of hydrogen-bond acceptors (Lipinski definition) is 4. The molecule has 1 heterocycles. The van der Waals surface area contributed by atoms with E-state index in [1.54, 1.807) is 0 Å². The van der Waals surface area contributed by atoms with Crippen LogP contribution in [0.25, 0.3) is 0 Å². The van der Waals surface area contributed by atoms with Gasteiger partial charge in [0.2, 0.25) is 5.91 Å². The zero-order valence-electron chi connectivity index (χ0n) is 13.1. The molecule has 1 N–H and O–H groups in total. The molecule has 1 saturated heterocycles. The van der Waals surface area contributed by atoms with Crippen LogP contribution in [0.2, 0.25) is 0 Å². The highest BCUT2D eigenvalue weighted by Crippen LogP contribution is 2.19. The first kappa shape index (κ1) is 17.0. The Morgan fingerprint density at radius 2 is 2.00 bits per heavy atom. The summed E-state index contributed by atoms with van der Waals surface area (Å²) in [5.74, 6) is -0.205. The van der Waals surface area contributed by atoms with Crippen LogP contribution in [0.15, 0.2) is 0 Å². The Bertz CT molecular complexity index is 329. The molecule has 0 aliphatic carbocycles. The Balaban J connectivity index is 2.55. The number of nitrogens with one attached hydrogen (secondary N) is 1. The van der Waals surface area contributed by atoms with Crippen LogP contribution in [0.4, 0.5) is 0 Å². The van der Waals surface area contributed by atoms with Gasteiger partial charge in [-0.1, -0.05) is 13.8 Å². The number of rotatable bonds is 6. The number of carbonyl (C=O) groups excluding carboxylic acids is 2. The molecule has 0 saturated carbocycles. The summed E-state index contributed by atoms with van der Waals surface area (Å²) in [4.78, 5) is 26.0. The van der Waals surface area contributed by atoms with E-state index in [0.29, 0.717) is 6.54 Å². The molecule has 116 valence electrons. The van der Waals surface area contributed by atoms with Gasteiger partial charge in [-0.05, 0) is 39.2 Å². The molecule has 5 heteroatoms. The molecular formula is C15H28N2O3. The largest absolute Gasteiger partial charge is 0.469 e. The van der Waals surface area contributed by atoms with Crippen molar-refractivity contribution in [3.63, 3.8) is 0 Å². The van der Waals surface area contributed by atoms with Crippen LogP contribution in [0.3, 0.4) is 0 Å². The van der Waals surface area contributed by atoms with E-state index in [2.05, 4.69) is 24.1 Å². The minimum Gasteiger partial charge on any atom is -0.469 e. The van der Waals surface area contributed by atoms with Crippen molar-refractivity contribution in [1.29, 1.82) is 0 Å². The van der Waals surface area contributed by atoms with Crippen molar-refractivity contribution in [2.24, 2.45) is 5.92 Å². The fourth-order valence-electron chi connectivity index (χ4n) is 2.70. The molecule has 1 unspecified atom stereocenters. The van der Waals surface area contributed by atoms with E-state index in [0.717, 1.165) is 32.2 Å². The van der Waals surface area contributed by atoms with Crippen molar-refractivity contribution in [3.8, 4) is 0 Å². The molecule has 0 bridgehead atoms. The van der Waals surface area contributed by atoms with Crippen molar-refractivity contribution in [3.05, 3.63) is 0 Å². The lowest BCUT2D eigenvalue weighted by atomic mass is 9.97. The number of likely N-dealkylation sites (tertiary alicyclic amines) is 1. The zero-order valence-corrected chi connectivity index (χ0v) is 13.1. The number of methoxy groups -OCH3 is 1. The van der Waals surface area contributed by atoms with Gasteiger partial charge in [0.15, 0.2) is 0 Å². The molecule has 0 aromatic heterocycles. The number of amides is 1. The normalized spacial score (nSPS) is 21.6. The van der Waals surface area contributed by atoms with Crippen molar-refractivity contribution in [1.82, 2.24) is 10.2 Å². The first-order chi connectivity index (χ1) is 9.53. The summed E-state index contributed by atoms with van der Waals surface area (Å²) in [5.41, 5.74) is 0. The summed E-state index contributed by atoms with van der Waals surface area (Å²) in [6.45, 7) is 7.55. The highest BCUT2D eigenvalue weighted by Gasteiger charge is 2.31.